The lowest BCUT2D eigenvalue weighted by molar-refractivity contribution is -0.138. The lowest BCUT2D eigenvalue weighted by Gasteiger charge is -2.35. The van der Waals surface area contributed by atoms with Crippen molar-refractivity contribution in [1.82, 2.24) is 14.9 Å². The van der Waals surface area contributed by atoms with Crippen molar-refractivity contribution in [2.45, 2.75) is 31.2 Å². The van der Waals surface area contributed by atoms with Crippen LogP contribution in [0.15, 0.2) is 24.4 Å². The zero-order valence-electron chi connectivity index (χ0n) is 16.3. The average Bonchev–Trinajstić information content (AvgIpc) is 3.05. The van der Waals surface area contributed by atoms with Crippen LogP contribution in [-0.4, -0.2) is 53.8 Å². The Morgan fingerprint density at radius 1 is 1.31 bits per heavy atom. The summed E-state index contributed by atoms with van der Waals surface area (Å²) in [5.74, 6) is -0.113. The second-order valence-corrected chi connectivity index (χ2v) is 8.02. The number of halogens is 3. The molecule has 1 N–H and O–H groups in total. The molecule has 9 heteroatoms. The van der Waals surface area contributed by atoms with E-state index in [2.05, 4.69) is 9.88 Å². The number of anilines is 1. The van der Waals surface area contributed by atoms with Crippen LogP contribution >= 0.6 is 0 Å². The molecule has 0 radical (unpaired) electrons. The van der Waals surface area contributed by atoms with Gasteiger partial charge in [-0.15, -0.1) is 0 Å². The summed E-state index contributed by atoms with van der Waals surface area (Å²) in [7, 11) is 3.77. The van der Waals surface area contributed by atoms with E-state index in [4.69, 9.17) is 9.72 Å². The van der Waals surface area contributed by atoms with Gasteiger partial charge in [-0.3, -0.25) is 4.90 Å². The smallest absolute Gasteiger partial charge is 0.419 e. The van der Waals surface area contributed by atoms with E-state index >= 15 is 0 Å². The summed E-state index contributed by atoms with van der Waals surface area (Å²) in [6.45, 7) is 2.74. The summed E-state index contributed by atoms with van der Waals surface area (Å²) in [6.07, 6.45) is -1.97. The maximum absolute atomic E-state index is 13.1. The fourth-order valence-electron chi connectivity index (χ4n) is 4.17. The van der Waals surface area contributed by atoms with Crippen LogP contribution < -0.4 is 4.90 Å². The summed E-state index contributed by atoms with van der Waals surface area (Å²) in [4.78, 5) is 13.1. The van der Waals surface area contributed by atoms with E-state index in [1.807, 2.05) is 19.0 Å². The maximum Gasteiger partial charge on any atom is 0.419 e. The van der Waals surface area contributed by atoms with Crippen molar-refractivity contribution in [3.8, 4) is 5.75 Å². The molecule has 1 saturated heterocycles. The van der Waals surface area contributed by atoms with Crippen molar-refractivity contribution >= 4 is 5.95 Å². The Labute approximate surface area is 166 Å². The third kappa shape index (κ3) is 3.76. The lowest BCUT2D eigenvalue weighted by Crippen LogP contribution is -2.40. The summed E-state index contributed by atoms with van der Waals surface area (Å²) in [5, 5.41) is 9.54. The zero-order valence-corrected chi connectivity index (χ0v) is 16.3. The Morgan fingerprint density at radius 3 is 2.83 bits per heavy atom. The standard InChI is InChI=1S/C20H23F3N4O2/c1-26(2)18-24-8-14-10-29-12-19(17(14)25-18)5-6-27(11-19)9-13-3-4-16(28)15(7-13)20(21,22)23/h3-4,7-8,28H,5-6,9-12H2,1-2H3/t19-/m0/s1. The summed E-state index contributed by atoms with van der Waals surface area (Å²) >= 11 is 0. The third-order valence-electron chi connectivity index (χ3n) is 5.60. The minimum Gasteiger partial charge on any atom is -0.507 e. The van der Waals surface area contributed by atoms with Gasteiger partial charge in [-0.25, -0.2) is 9.97 Å². The number of aromatic hydroxyl groups is 1. The molecule has 0 amide bonds. The van der Waals surface area contributed by atoms with Crippen LogP contribution in [0, 0.1) is 0 Å². The minimum absolute atomic E-state index is 0.287. The molecule has 156 valence electrons. The Kier molecular flexibility index (Phi) is 4.90. The number of aromatic nitrogens is 2. The molecule has 0 bridgehead atoms. The molecule has 0 saturated carbocycles. The fraction of sp³-hybridized carbons (Fsp3) is 0.500. The molecule has 0 unspecified atom stereocenters. The summed E-state index contributed by atoms with van der Waals surface area (Å²) < 4.78 is 45.1. The van der Waals surface area contributed by atoms with E-state index < -0.39 is 17.5 Å². The van der Waals surface area contributed by atoms with Crippen LogP contribution in [0.25, 0.3) is 0 Å². The SMILES string of the molecule is CN(C)c1ncc2c(n1)[C@]1(CCN(Cc3ccc(O)c(C(F)(F)F)c3)C1)COC2. The van der Waals surface area contributed by atoms with Gasteiger partial charge in [0.05, 0.1) is 29.9 Å². The first-order valence-corrected chi connectivity index (χ1v) is 9.41. The van der Waals surface area contributed by atoms with E-state index in [1.54, 1.807) is 6.20 Å². The second-order valence-electron chi connectivity index (χ2n) is 8.02. The molecule has 0 aliphatic carbocycles. The number of alkyl halides is 3. The maximum atomic E-state index is 13.1. The van der Waals surface area contributed by atoms with Crippen LogP contribution in [0.5, 0.6) is 5.75 Å². The van der Waals surface area contributed by atoms with Gasteiger partial charge in [-0.1, -0.05) is 6.07 Å². The van der Waals surface area contributed by atoms with E-state index in [0.717, 1.165) is 36.4 Å². The van der Waals surface area contributed by atoms with Gasteiger partial charge in [0, 0.05) is 38.9 Å². The number of likely N-dealkylation sites (tertiary alicyclic amines) is 1. The second kappa shape index (κ2) is 7.14. The van der Waals surface area contributed by atoms with Crippen molar-refractivity contribution in [3.63, 3.8) is 0 Å². The van der Waals surface area contributed by atoms with Gasteiger partial charge < -0.3 is 14.7 Å². The van der Waals surface area contributed by atoms with Crippen LogP contribution in [-0.2, 0) is 29.5 Å². The number of rotatable bonds is 3. The Morgan fingerprint density at radius 2 is 2.10 bits per heavy atom. The normalized spacial score (nSPS) is 22.1. The van der Waals surface area contributed by atoms with Gasteiger partial charge in [0.15, 0.2) is 0 Å². The Balaban J connectivity index is 1.57. The van der Waals surface area contributed by atoms with Gasteiger partial charge in [0.2, 0.25) is 5.95 Å². The van der Waals surface area contributed by atoms with Crippen molar-refractivity contribution < 1.29 is 23.0 Å². The topological polar surface area (TPSA) is 61.7 Å². The number of nitrogens with zero attached hydrogens (tertiary/aromatic N) is 4. The molecule has 2 aliphatic rings. The highest BCUT2D eigenvalue weighted by atomic mass is 19.4. The molecule has 3 heterocycles. The molecule has 1 fully saturated rings. The highest BCUT2D eigenvalue weighted by Crippen LogP contribution is 2.41. The van der Waals surface area contributed by atoms with Crippen LogP contribution in [0.2, 0.25) is 0 Å². The molecule has 29 heavy (non-hydrogen) atoms. The number of phenols is 1. The molecular formula is C20H23F3N4O2. The number of hydrogen-bond donors (Lipinski definition) is 1. The van der Waals surface area contributed by atoms with Gasteiger partial charge in [-0.2, -0.15) is 13.2 Å². The first-order valence-electron chi connectivity index (χ1n) is 9.41. The molecule has 1 spiro atoms. The van der Waals surface area contributed by atoms with Crippen molar-refractivity contribution in [3.05, 3.63) is 46.8 Å². The van der Waals surface area contributed by atoms with E-state index in [1.165, 1.54) is 6.07 Å². The molecule has 2 aliphatic heterocycles. The van der Waals surface area contributed by atoms with E-state index in [9.17, 15) is 18.3 Å². The van der Waals surface area contributed by atoms with E-state index in [0.29, 0.717) is 37.8 Å². The number of benzene rings is 1. The summed E-state index contributed by atoms with van der Waals surface area (Å²) in [5.41, 5.74) is 1.17. The number of fused-ring (bicyclic) bond motifs is 2. The lowest BCUT2D eigenvalue weighted by atomic mass is 9.80. The highest BCUT2D eigenvalue weighted by Gasteiger charge is 2.45. The first-order chi connectivity index (χ1) is 13.7. The Hall–Kier alpha value is -2.39. The number of ether oxygens (including phenoxy) is 1. The van der Waals surface area contributed by atoms with Gasteiger partial charge in [0.1, 0.15) is 5.75 Å². The van der Waals surface area contributed by atoms with Gasteiger partial charge in [0.25, 0.3) is 0 Å². The molecule has 4 rings (SSSR count). The number of hydrogen-bond acceptors (Lipinski definition) is 6. The highest BCUT2D eigenvalue weighted by molar-refractivity contribution is 5.39. The molecule has 1 aromatic heterocycles. The van der Waals surface area contributed by atoms with Gasteiger partial charge >= 0.3 is 6.18 Å². The van der Waals surface area contributed by atoms with E-state index in [-0.39, 0.29) is 5.41 Å². The molecule has 6 nitrogen and oxygen atoms in total. The quantitative estimate of drug-likeness (QED) is 0.843. The first kappa shape index (κ1) is 19.9. The predicted molar refractivity (Wildman–Crippen MR) is 101 cm³/mol. The van der Waals surface area contributed by atoms with Crippen molar-refractivity contribution in [1.29, 1.82) is 0 Å². The minimum atomic E-state index is -4.58. The number of phenolic OH excluding ortho intramolecular Hbond substituents is 1. The molecule has 1 atom stereocenters. The van der Waals surface area contributed by atoms with Crippen LogP contribution in [0.4, 0.5) is 19.1 Å². The van der Waals surface area contributed by atoms with Crippen LogP contribution in [0.3, 0.4) is 0 Å². The molecule has 2 aromatic rings. The van der Waals surface area contributed by atoms with Crippen molar-refractivity contribution in [2.75, 3.05) is 38.7 Å². The van der Waals surface area contributed by atoms with Gasteiger partial charge in [-0.05, 0) is 30.7 Å². The zero-order chi connectivity index (χ0) is 20.8. The molecule has 1 aromatic carbocycles. The Bertz CT molecular complexity index is 919. The average molecular weight is 408 g/mol. The van der Waals surface area contributed by atoms with Crippen LogP contribution in [0.1, 0.15) is 28.8 Å². The predicted octanol–water partition coefficient (Wildman–Crippen LogP) is 2.94. The summed E-state index contributed by atoms with van der Waals surface area (Å²) in [6, 6.07) is 3.67. The largest absolute Gasteiger partial charge is 0.507 e. The third-order valence-corrected chi connectivity index (χ3v) is 5.60. The monoisotopic (exact) mass is 408 g/mol. The van der Waals surface area contributed by atoms with Crippen molar-refractivity contribution in [2.24, 2.45) is 0 Å². The fourth-order valence-corrected chi connectivity index (χ4v) is 4.17. The molecular weight excluding hydrogens is 385 g/mol.